The van der Waals surface area contributed by atoms with Gasteiger partial charge in [0.05, 0.1) is 31.2 Å². The van der Waals surface area contributed by atoms with Gasteiger partial charge in [0.25, 0.3) is 5.91 Å². The van der Waals surface area contributed by atoms with Crippen molar-refractivity contribution >= 4 is 17.5 Å². The van der Waals surface area contributed by atoms with Crippen molar-refractivity contribution in [3.05, 3.63) is 48.2 Å². The summed E-state index contributed by atoms with van der Waals surface area (Å²) in [5.74, 6) is 0.986. The van der Waals surface area contributed by atoms with Crippen LogP contribution in [0.3, 0.4) is 0 Å². The Kier molecular flexibility index (Phi) is 6.94. The third-order valence-electron chi connectivity index (χ3n) is 7.30. The minimum absolute atomic E-state index is 0.0349. The van der Waals surface area contributed by atoms with E-state index in [4.69, 9.17) is 4.74 Å². The molecular formula is C26H34N8O3. The van der Waals surface area contributed by atoms with Crippen LogP contribution in [0, 0.1) is 17.8 Å². The number of carbonyl (C=O) groups excluding carboxylic acids is 2. The third-order valence-corrected chi connectivity index (χ3v) is 7.30. The summed E-state index contributed by atoms with van der Waals surface area (Å²) in [6.07, 6.45) is 11.0. The van der Waals surface area contributed by atoms with Gasteiger partial charge in [-0.15, -0.1) is 5.10 Å². The maximum absolute atomic E-state index is 13.7. The monoisotopic (exact) mass is 506 g/mol. The molecule has 0 bridgehead atoms. The van der Waals surface area contributed by atoms with Crippen molar-refractivity contribution in [1.82, 2.24) is 35.1 Å². The first-order chi connectivity index (χ1) is 17.9. The number of rotatable bonds is 11. The summed E-state index contributed by atoms with van der Waals surface area (Å²) in [7, 11) is 1.55. The molecule has 2 aliphatic rings. The van der Waals surface area contributed by atoms with Crippen LogP contribution in [0.2, 0.25) is 0 Å². The highest BCUT2D eigenvalue weighted by atomic mass is 16.5. The molecule has 2 atom stereocenters. The van der Waals surface area contributed by atoms with Crippen LogP contribution in [-0.2, 0) is 4.79 Å². The fraction of sp³-hybridized carbons (Fsp3) is 0.538. The van der Waals surface area contributed by atoms with E-state index in [0.29, 0.717) is 29.1 Å². The van der Waals surface area contributed by atoms with Gasteiger partial charge in [-0.3, -0.25) is 19.0 Å². The normalized spacial score (nSPS) is 17.0. The van der Waals surface area contributed by atoms with Crippen LogP contribution >= 0.6 is 0 Å². The number of nitrogens with zero attached hydrogens (tertiary/aromatic N) is 6. The van der Waals surface area contributed by atoms with Crippen molar-refractivity contribution in [2.45, 2.75) is 64.6 Å². The highest BCUT2D eigenvalue weighted by Gasteiger charge is 2.48. The Balaban J connectivity index is 1.35. The number of nitrogens with one attached hydrogen (secondary N) is 2. The van der Waals surface area contributed by atoms with E-state index < -0.39 is 6.04 Å². The SMILES string of the molecule is COc1nnccc1C(C)n1cc(NC(=O)[C@@H](NC(=O)c2ccnn2C(C)C)C(C2CC2)C2CC2)cn1. The maximum atomic E-state index is 13.7. The van der Waals surface area contributed by atoms with Gasteiger partial charge in [0.15, 0.2) is 0 Å². The van der Waals surface area contributed by atoms with Gasteiger partial charge in [-0.05, 0) is 76.3 Å². The van der Waals surface area contributed by atoms with Crippen molar-refractivity contribution in [2.24, 2.45) is 17.8 Å². The predicted octanol–water partition coefficient (Wildman–Crippen LogP) is 3.24. The zero-order valence-corrected chi connectivity index (χ0v) is 21.7. The second kappa shape index (κ2) is 10.3. The first-order valence-electron chi connectivity index (χ1n) is 12.9. The Morgan fingerprint density at radius 2 is 1.78 bits per heavy atom. The number of aromatic nitrogens is 6. The number of hydrogen-bond donors (Lipinski definition) is 2. The molecular weight excluding hydrogens is 472 g/mol. The summed E-state index contributed by atoms with van der Waals surface area (Å²) in [6.45, 7) is 5.91. The maximum Gasteiger partial charge on any atom is 0.270 e. The Hall–Kier alpha value is -3.76. The van der Waals surface area contributed by atoms with E-state index in [1.54, 1.807) is 47.3 Å². The molecule has 3 aromatic heterocycles. The lowest BCUT2D eigenvalue weighted by molar-refractivity contribution is -0.119. The van der Waals surface area contributed by atoms with E-state index in [1.807, 2.05) is 26.8 Å². The van der Waals surface area contributed by atoms with Gasteiger partial charge in [-0.1, -0.05) is 0 Å². The first kappa shape index (κ1) is 24.9. The van der Waals surface area contributed by atoms with Gasteiger partial charge in [0.1, 0.15) is 11.7 Å². The molecule has 1 unspecified atom stereocenters. The number of anilines is 1. The summed E-state index contributed by atoms with van der Waals surface area (Å²) in [6, 6.07) is 2.75. The largest absolute Gasteiger partial charge is 0.480 e. The van der Waals surface area contributed by atoms with Gasteiger partial charge in [-0.25, -0.2) is 0 Å². The van der Waals surface area contributed by atoms with E-state index in [0.717, 1.165) is 31.2 Å². The van der Waals surface area contributed by atoms with Crippen LogP contribution in [0.5, 0.6) is 5.88 Å². The number of carbonyl (C=O) groups is 2. The fourth-order valence-corrected chi connectivity index (χ4v) is 5.13. The molecule has 11 heteroatoms. The van der Waals surface area contributed by atoms with Crippen molar-refractivity contribution < 1.29 is 14.3 Å². The first-order valence-corrected chi connectivity index (χ1v) is 12.9. The van der Waals surface area contributed by atoms with E-state index in [2.05, 4.69) is 31.0 Å². The predicted molar refractivity (Wildman–Crippen MR) is 136 cm³/mol. The molecule has 0 spiro atoms. The molecule has 196 valence electrons. The van der Waals surface area contributed by atoms with Crippen LogP contribution in [0.1, 0.15) is 74.6 Å². The summed E-state index contributed by atoms with van der Waals surface area (Å²) in [5, 5.41) is 22.7. The average Bonchev–Trinajstić information content (AvgIpc) is 3.81. The zero-order chi connectivity index (χ0) is 26.1. The Labute approximate surface area is 216 Å². The summed E-state index contributed by atoms with van der Waals surface area (Å²) in [4.78, 5) is 27.0. The van der Waals surface area contributed by atoms with Crippen LogP contribution in [0.25, 0.3) is 0 Å². The lowest BCUT2D eigenvalue weighted by Gasteiger charge is -2.27. The van der Waals surface area contributed by atoms with Crippen LogP contribution < -0.4 is 15.4 Å². The molecule has 2 saturated carbocycles. The molecule has 3 heterocycles. The van der Waals surface area contributed by atoms with Crippen LogP contribution in [0.4, 0.5) is 5.69 Å². The third kappa shape index (κ3) is 5.35. The minimum Gasteiger partial charge on any atom is -0.480 e. The Morgan fingerprint density at radius 1 is 1.05 bits per heavy atom. The molecule has 5 rings (SSSR count). The number of hydrogen-bond acceptors (Lipinski definition) is 7. The van der Waals surface area contributed by atoms with Crippen LogP contribution in [-0.4, -0.2) is 54.7 Å². The Bertz CT molecular complexity index is 1250. The number of methoxy groups -OCH3 is 1. The molecule has 0 saturated heterocycles. The van der Waals surface area contributed by atoms with Gasteiger partial charge in [0.2, 0.25) is 11.8 Å². The summed E-state index contributed by atoms with van der Waals surface area (Å²) in [5.41, 5.74) is 1.85. The number of ether oxygens (including phenoxy) is 1. The molecule has 37 heavy (non-hydrogen) atoms. The molecule has 0 aromatic carbocycles. The molecule has 0 aliphatic heterocycles. The van der Waals surface area contributed by atoms with Gasteiger partial charge in [0, 0.05) is 24.0 Å². The van der Waals surface area contributed by atoms with Crippen molar-refractivity contribution in [3.63, 3.8) is 0 Å². The Morgan fingerprint density at radius 3 is 2.43 bits per heavy atom. The average molecular weight is 507 g/mol. The van der Waals surface area contributed by atoms with Gasteiger partial charge >= 0.3 is 0 Å². The smallest absolute Gasteiger partial charge is 0.270 e. The van der Waals surface area contributed by atoms with E-state index in [9.17, 15) is 9.59 Å². The molecule has 0 radical (unpaired) electrons. The molecule has 3 aromatic rings. The number of amides is 2. The molecule has 2 aliphatic carbocycles. The molecule has 2 amide bonds. The van der Waals surface area contributed by atoms with Crippen molar-refractivity contribution in [3.8, 4) is 5.88 Å². The van der Waals surface area contributed by atoms with Gasteiger partial charge in [-0.2, -0.15) is 15.3 Å². The quantitative estimate of drug-likeness (QED) is 0.408. The van der Waals surface area contributed by atoms with E-state index in [1.165, 1.54) is 0 Å². The second-order valence-electron chi connectivity index (χ2n) is 10.3. The molecule has 11 nitrogen and oxygen atoms in total. The van der Waals surface area contributed by atoms with Gasteiger partial charge < -0.3 is 15.4 Å². The highest BCUT2D eigenvalue weighted by Crippen LogP contribution is 2.51. The van der Waals surface area contributed by atoms with Crippen molar-refractivity contribution in [2.75, 3.05) is 12.4 Å². The molecule has 2 N–H and O–H groups in total. The highest BCUT2D eigenvalue weighted by molar-refractivity contribution is 6.00. The standard InChI is InChI=1S/C26H34N8O3/c1-15(2)34-21(10-12-28-34)24(35)31-23(22(17-5-6-17)18-7-8-18)25(36)30-19-13-29-33(14-19)16(3)20-9-11-27-32-26(20)37-4/h9-18,22-23H,5-8H2,1-4H3,(H,30,36)(H,31,35)/t16?,23-/m0/s1. The summed E-state index contributed by atoms with van der Waals surface area (Å²) >= 11 is 0. The van der Waals surface area contributed by atoms with E-state index >= 15 is 0 Å². The van der Waals surface area contributed by atoms with Crippen LogP contribution in [0.15, 0.2) is 36.9 Å². The summed E-state index contributed by atoms with van der Waals surface area (Å²) < 4.78 is 8.75. The minimum atomic E-state index is -0.631. The lowest BCUT2D eigenvalue weighted by Crippen LogP contribution is -2.50. The topological polar surface area (TPSA) is 129 Å². The van der Waals surface area contributed by atoms with Crippen molar-refractivity contribution in [1.29, 1.82) is 0 Å². The van der Waals surface area contributed by atoms with E-state index in [-0.39, 0.29) is 29.8 Å². The second-order valence-corrected chi connectivity index (χ2v) is 10.3. The zero-order valence-electron chi connectivity index (χ0n) is 21.7. The fourth-order valence-electron chi connectivity index (χ4n) is 5.13. The molecule has 2 fully saturated rings. The lowest BCUT2D eigenvalue weighted by atomic mass is 9.88.